The number of fused-ring (bicyclic) bond motifs is 1. The Labute approximate surface area is 91.2 Å². The molecule has 0 radical (unpaired) electrons. The first kappa shape index (κ1) is 10.3. The molecule has 6 heteroatoms. The van der Waals surface area contributed by atoms with Crippen molar-refractivity contribution >= 4 is 17.7 Å². The monoisotopic (exact) mass is 222 g/mol. The summed E-state index contributed by atoms with van der Waals surface area (Å²) >= 11 is 0. The second-order valence-corrected chi connectivity index (χ2v) is 3.30. The van der Waals surface area contributed by atoms with E-state index in [2.05, 4.69) is 10.6 Å². The molecule has 2 amide bonds. The molecule has 1 aromatic rings. The molecule has 6 nitrogen and oxygen atoms in total. The van der Waals surface area contributed by atoms with E-state index in [1.54, 1.807) is 24.3 Å². The Morgan fingerprint density at radius 3 is 3.00 bits per heavy atom. The summed E-state index contributed by atoms with van der Waals surface area (Å²) in [7, 11) is 0. The van der Waals surface area contributed by atoms with Gasteiger partial charge in [-0.05, 0) is 12.1 Å². The van der Waals surface area contributed by atoms with Crippen LogP contribution in [0, 0.1) is 0 Å². The summed E-state index contributed by atoms with van der Waals surface area (Å²) in [6, 6.07) is 6.03. The molecule has 1 atom stereocenters. The van der Waals surface area contributed by atoms with Crippen LogP contribution in [0.25, 0.3) is 0 Å². The van der Waals surface area contributed by atoms with Crippen LogP contribution in [0.4, 0.5) is 10.5 Å². The Bertz CT molecular complexity index is 433. The van der Waals surface area contributed by atoms with Crippen molar-refractivity contribution in [2.75, 3.05) is 11.9 Å². The molecule has 0 aliphatic carbocycles. The van der Waals surface area contributed by atoms with Gasteiger partial charge in [0, 0.05) is 0 Å². The number of carbonyl (C=O) groups is 2. The van der Waals surface area contributed by atoms with Gasteiger partial charge < -0.3 is 20.5 Å². The van der Waals surface area contributed by atoms with Crippen LogP contribution in [0.15, 0.2) is 24.3 Å². The Morgan fingerprint density at radius 1 is 1.50 bits per heavy atom. The third-order valence-corrected chi connectivity index (χ3v) is 2.16. The van der Waals surface area contributed by atoms with Gasteiger partial charge in [-0.15, -0.1) is 0 Å². The number of nitrogens with one attached hydrogen (secondary N) is 2. The average Bonchev–Trinajstić information content (AvgIpc) is 2.39. The third-order valence-electron chi connectivity index (χ3n) is 2.16. The minimum absolute atomic E-state index is 0.0187. The summed E-state index contributed by atoms with van der Waals surface area (Å²) < 4.78 is 5.32. The van der Waals surface area contributed by atoms with Crippen LogP contribution < -0.4 is 15.4 Å². The van der Waals surface area contributed by atoms with E-state index in [1.807, 2.05) is 0 Å². The summed E-state index contributed by atoms with van der Waals surface area (Å²) in [5.74, 6) is 0.109. The number of carboxylic acid groups (broad SMARTS) is 1. The maximum Gasteiger partial charge on any atom is 0.405 e. The van der Waals surface area contributed by atoms with Gasteiger partial charge in [0.2, 0.25) is 0 Å². The molecule has 0 aromatic heterocycles. The number of rotatable bonds is 1. The Balaban J connectivity index is 2.18. The standard InChI is InChI=1S/C10H10N2O4/c13-9-7(12-10(14)15)5-16-8-4-2-1-3-6(8)11-9/h1-4,7,12H,5H2,(H,11,13)(H,14,15). The predicted molar refractivity (Wildman–Crippen MR) is 55.5 cm³/mol. The molecule has 1 aromatic carbocycles. The fourth-order valence-electron chi connectivity index (χ4n) is 1.42. The number of para-hydroxylation sites is 2. The number of ether oxygens (including phenoxy) is 1. The van der Waals surface area contributed by atoms with Crippen molar-refractivity contribution in [3.8, 4) is 5.75 Å². The molecule has 16 heavy (non-hydrogen) atoms. The minimum atomic E-state index is -1.25. The topological polar surface area (TPSA) is 87.7 Å². The van der Waals surface area contributed by atoms with Gasteiger partial charge in [0.15, 0.2) is 0 Å². The molecule has 1 aliphatic heterocycles. The van der Waals surface area contributed by atoms with Gasteiger partial charge in [0.1, 0.15) is 18.4 Å². The molecule has 2 rings (SSSR count). The first-order valence-corrected chi connectivity index (χ1v) is 4.69. The average molecular weight is 222 g/mol. The fourth-order valence-corrected chi connectivity index (χ4v) is 1.42. The SMILES string of the molecule is O=C(O)NC1COc2ccccc2NC1=O. The lowest BCUT2D eigenvalue weighted by atomic mass is 10.3. The van der Waals surface area contributed by atoms with E-state index in [1.165, 1.54) is 0 Å². The summed E-state index contributed by atoms with van der Waals surface area (Å²) in [5.41, 5.74) is 0.544. The van der Waals surface area contributed by atoms with E-state index < -0.39 is 18.0 Å². The first-order chi connectivity index (χ1) is 7.66. The van der Waals surface area contributed by atoms with E-state index in [4.69, 9.17) is 9.84 Å². The molecule has 0 fully saturated rings. The van der Waals surface area contributed by atoms with E-state index in [9.17, 15) is 9.59 Å². The van der Waals surface area contributed by atoms with Crippen molar-refractivity contribution in [2.24, 2.45) is 0 Å². The molecule has 1 unspecified atom stereocenters. The highest BCUT2D eigenvalue weighted by Crippen LogP contribution is 2.25. The number of hydrogen-bond donors (Lipinski definition) is 3. The number of hydrogen-bond acceptors (Lipinski definition) is 3. The van der Waals surface area contributed by atoms with E-state index in [-0.39, 0.29) is 6.61 Å². The largest absolute Gasteiger partial charge is 0.489 e. The highest BCUT2D eigenvalue weighted by Gasteiger charge is 2.25. The quantitative estimate of drug-likeness (QED) is 0.651. The van der Waals surface area contributed by atoms with Crippen LogP contribution in [-0.2, 0) is 4.79 Å². The van der Waals surface area contributed by atoms with Gasteiger partial charge in [-0.25, -0.2) is 4.79 Å². The number of amides is 2. The highest BCUT2D eigenvalue weighted by atomic mass is 16.5. The van der Waals surface area contributed by atoms with Gasteiger partial charge in [0.25, 0.3) is 5.91 Å². The zero-order valence-electron chi connectivity index (χ0n) is 8.27. The summed E-state index contributed by atoms with van der Waals surface area (Å²) in [6.45, 7) is -0.0187. The smallest absolute Gasteiger partial charge is 0.405 e. The van der Waals surface area contributed by atoms with Crippen LogP contribution in [0.1, 0.15) is 0 Å². The van der Waals surface area contributed by atoms with E-state index in [0.717, 1.165) is 0 Å². The molecule has 1 heterocycles. The molecule has 0 spiro atoms. The van der Waals surface area contributed by atoms with Crippen LogP contribution in [0.5, 0.6) is 5.75 Å². The van der Waals surface area contributed by atoms with Crippen LogP contribution in [0.3, 0.4) is 0 Å². The zero-order valence-corrected chi connectivity index (χ0v) is 8.27. The maximum absolute atomic E-state index is 11.6. The van der Waals surface area contributed by atoms with Crippen molar-refractivity contribution < 1.29 is 19.4 Å². The van der Waals surface area contributed by atoms with Gasteiger partial charge in [-0.1, -0.05) is 12.1 Å². The highest BCUT2D eigenvalue weighted by molar-refractivity contribution is 5.98. The molecular formula is C10H10N2O4. The fraction of sp³-hybridized carbons (Fsp3) is 0.200. The number of anilines is 1. The van der Waals surface area contributed by atoms with Crippen molar-refractivity contribution in [3.63, 3.8) is 0 Å². The van der Waals surface area contributed by atoms with Gasteiger partial charge in [0.05, 0.1) is 5.69 Å². The van der Waals surface area contributed by atoms with Gasteiger partial charge in [-0.3, -0.25) is 4.79 Å². The second-order valence-electron chi connectivity index (χ2n) is 3.30. The Morgan fingerprint density at radius 2 is 2.25 bits per heavy atom. The third kappa shape index (κ3) is 2.05. The summed E-state index contributed by atoms with van der Waals surface area (Å²) in [6.07, 6.45) is -1.25. The maximum atomic E-state index is 11.6. The molecule has 1 aliphatic rings. The van der Waals surface area contributed by atoms with Crippen LogP contribution in [0.2, 0.25) is 0 Å². The van der Waals surface area contributed by atoms with Crippen LogP contribution in [-0.4, -0.2) is 29.8 Å². The minimum Gasteiger partial charge on any atom is -0.489 e. The van der Waals surface area contributed by atoms with Gasteiger partial charge >= 0.3 is 6.09 Å². The van der Waals surface area contributed by atoms with Crippen molar-refractivity contribution in [2.45, 2.75) is 6.04 Å². The lowest BCUT2D eigenvalue weighted by Gasteiger charge is -2.11. The van der Waals surface area contributed by atoms with Crippen molar-refractivity contribution in [1.82, 2.24) is 5.32 Å². The lowest BCUT2D eigenvalue weighted by Crippen LogP contribution is -2.45. The molecule has 84 valence electrons. The molecular weight excluding hydrogens is 212 g/mol. The second kappa shape index (κ2) is 4.09. The van der Waals surface area contributed by atoms with E-state index in [0.29, 0.717) is 11.4 Å². The molecule has 0 saturated heterocycles. The lowest BCUT2D eigenvalue weighted by molar-refractivity contribution is -0.118. The van der Waals surface area contributed by atoms with Crippen molar-refractivity contribution in [1.29, 1.82) is 0 Å². The van der Waals surface area contributed by atoms with Crippen molar-refractivity contribution in [3.05, 3.63) is 24.3 Å². The molecule has 0 bridgehead atoms. The van der Waals surface area contributed by atoms with Gasteiger partial charge in [-0.2, -0.15) is 0 Å². The summed E-state index contributed by atoms with van der Waals surface area (Å²) in [4.78, 5) is 22.0. The Kier molecular flexibility index (Phi) is 2.63. The Hall–Kier alpha value is -2.24. The normalized spacial score (nSPS) is 18.8. The summed E-state index contributed by atoms with van der Waals surface area (Å²) in [5, 5.41) is 13.2. The zero-order chi connectivity index (χ0) is 11.5. The molecule has 0 saturated carbocycles. The van der Waals surface area contributed by atoms with E-state index >= 15 is 0 Å². The number of benzene rings is 1. The number of carbonyl (C=O) groups excluding carboxylic acids is 1. The predicted octanol–water partition coefficient (Wildman–Crippen LogP) is 0.654. The molecule has 3 N–H and O–H groups in total. The first-order valence-electron chi connectivity index (χ1n) is 4.69. The van der Waals surface area contributed by atoms with Crippen LogP contribution >= 0.6 is 0 Å².